The van der Waals surface area contributed by atoms with Crippen molar-refractivity contribution in [3.05, 3.63) is 0 Å². The Morgan fingerprint density at radius 2 is 2.00 bits per heavy atom. The molecule has 0 amide bonds. The molecular weight excluding hydrogens is 140 g/mol. The summed E-state index contributed by atoms with van der Waals surface area (Å²) in [4.78, 5) is 1.50. The minimum Gasteiger partial charge on any atom is -0.360 e. The molecule has 0 aliphatic carbocycles. The monoisotopic (exact) mass is 151 g/mol. The van der Waals surface area contributed by atoms with Gasteiger partial charge in [-0.1, -0.05) is 0 Å². The van der Waals surface area contributed by atoms with Crippen molar-refractivity contribution in [2.45, 2.75) is 25.1 Å². The van der Waals surface area contributed by atoms with Crippen LogP contribution < -0.4 is 0 Å². The molecule has 0 radical (unpaired) electrons. The first-order chi connectivity index (χ1) is 4.51. The highest BCUT2D eigenvalue weighted by molar-refractivity contribution is 4.98. The van der Waals surface area contributed by atoms with Crippen molar-refractivity contribution < 1.29 is 13.5 Å². The van der Waals surface area contributed by atoms with E-state index in [0.29, 0.717) is 0 Å². The van der Waals surface area contributed by atoms with Crippen molar-refractivity contribution in [2.75, 3.05) is 14.2 Å². The number of likely N-dealkylation sites (tertiary alicyclic amines) is 1. The molecule has 4 heteroatoms. The Balaban J connectivity index is 2.61. The van der Waals surface area contributed by atoms with E-state index in [9.17, 15) is 8.78 Å². The number of hydrogen-bond donors (Lipinski definition) is 0. The highest BCUT2D eigenvalue weighted by Crippen LogP contribution is 2.39. The zero-order valence-electron chi connectivity index (χ0n) is 6.27. The lowest BCUT2D eigenvalue weighted by Crippen LogP contribution is -2.70. The molecule has 1 aliphatic rings. The van der Waals surface area contributed by atoms with Crippen molar-refractivity contribution in [3.63, 3.8) is 0 Å². The molecule has 0 spiro atoms. The normalized spacial score (nSPS) is 39.3. The molecule has 60 valence electrons. The lowest BCUT2D eigenvalue weighted by Gasteiger charge is -2.50. The van der Waals surface area contributed by atoms with E-state index >= 15 is 0 Å². The number of ether oxygens (including phenoxy) is 1. The molecule has 1 aliphatic heterocycles. The number of methoxy groups -OCH3 is 1. The van der Waals surface area contributed by atoms with Crippen LogP contribution in [0.25, 0.3) is 0 Å². The molecule has 2 atom stereocenters. The van der Waals surface area contributed by atoms with E-state index in [1.165, 1.54) is 18.9 Å². The molecule has 0 saturated carbocycles. The summed E-state index contributed by atoms with van der Waals surface area (Å²) in [6.45, 7) is 1.48. The molecule has 1 unspecified atom stereocenters. The van der Waals surface area contributed by atoms with Gasteiger partial charge in [0.15, 0.2) is 6.23 Å². The third kappa shape index (κ3) is 0.754. The molecule has 1 saturated heterocycles. The van der Waals surface area contributed by atoms with E-state index in [1.807, 2.05) is 0 Å². The summed E-state index contributed by atoms with van der Waals surface area (Å²) in [7, 11) is 2.91. The Morgan fingerprint density at radius 1 is 1.50 bits per heavy atom. The van der Waals surface area contributed by atoms with Crippen molar-refractivity contribution in [2.24, 2.45) is 0 Å². The maximum Gasteiger partial charge on any atom is 0.301 e. The largest absolute Gasteiger partial charge is 0.360 e. The van der Waals surface area contributed by atoms with E-state index < -0.39 is 18.2 Å². The lowest BCUT2D eigenvalue weighted by molar-refractivity contribution is -0.299. The number of hydrogen-bond acceptors (Lipinski definition) is 2. The van der Waals surface area contributed by atoms with Gasteiger partial charge in [0.1, 0.15) is 0 Å². The van der Waals surface area contributed by atoms with Gasteiger partial charge in [-0.15, -0.1) is 0 Å². The van der Waals surface area contributed by atoms with Gasteiger partial charge in [-0.25, -0.2) is 8.78 Å². The summed E-state index contributed by atoms with van der Waals surface area (Å²) < 4.78 is 29.9. The van der Waals surface area contributed by atoms with Crippen LogP contribution in [0.2, 0.25) is 0 Å². The van der Waals surface area contributed by atoms with Crippen LogP contribution in [0.1, 0.15) is 6.92 Å². The molecule has 1 heterocycles. The van der Waals surface area contributed by atoms with Crippen molar-refractivity contribution in [1.29, 1.82) is 0 Å². The predicted molar refractivity (Wildman–Crippen MR) is 33.0 cm³/mol. The molecule has 1 rings (SSSR count). The fraction of sp³-hybridized carbons (Fsp3) is 1.00. The first-order valence-electron chi connectivity index (χ1n) is 3.14. The zero-order chi connectivity index (χ0) is 7.94. The highest BCUT2D eigenvalue weighted by Gasteiger charge is 2.60. The van der Waals surface area contributed by atoms with Gasteiger partial charge in [0, 0.05) is 7.11 Å². The third-order valence-electron chi connectivity index (χ3n) is 2.09. The van der Waals surface area contributed by atoms with E-state index in [1.54, 1.807) is 7.05 Å². The molecule has 0 aromatic rings. The topological polar surface area (TPSA) is 12.5 Å². The summed E-state index contributed by atoms with van der Waals surface area (Å²) in [5.41, 5.74) is 0. The van der Waals surface area contributed by atoms with Crippen LogP contribution in [-0.4, -0.2) is 37.2 Å². The number of halogens is 2. The van der Waals surface area contributed by atoms with Gasteiger partial charge in [0.25, 0.3) is 0 Å². The Bertz CT molecular complexity index is 140. The Morgan fingerprint density at radius 3 is 2.20 bits per heavy atom. The van der Waals surface area contributed by atoms with Gasteiger partial charge >= 0.3 is 5.92 Å². The SMILES string of the molecule is COC1N(C)[C@H](C)C1(F)F. The molecule has 2 nitrogen and oxygen atoms in total. The first kappa shape index (κ1) is 7.88. The van der Waals surface area contributed by atoms with Gasteiger partial charge in [-0.05, 0) is 14.0 Å². The molecule has 10 heavy (non-hydrogen) atoms. The molecule has 0 aromatic carbocycles. The Kier molecular flexibility index (Phi) is 1.68. The second kappa shape index (κ2) is 2.13. The zero-order valence-corrected chi connectivity index (χ0v) is 6.27. The predicted octanol–water partition coefficient (Wildman–Crippen LogP) is 0.928. The number of alkyl halides is 2. The molecule has 1 fully saturated rings. The van der Waals surface area contributed by atoms with Crippen LogP contribution in [-0.2, 0) is 4.74 Å². The van der Waals surface area contributed by atoms with Gasteiger partial charge < -0.3 is 4.74 Å². The Hall–Kier alpha value is -0.220. The maximum absolute atomic E-state index is 12.7. The second-order valence-corrected chi connectivity index (χ2v) is 2.60. The van der Waals surface area contributed by atoms with Crippen LogP contribution in [0, 0.1) is 0 Å². The summed E-state index contributed by atoms with van der Waals surface area (Å²) >= 11 is 0. The highest BCUT2D eigenvalue weighted by atomic mass is 19.3. The average molecular weight is 151 g/mol. The molecule has 0 bridgehead atoms. The van der Waals surface area contributed by atoms with Crippen LogP contribution >= 0.6 is 0 Å². The number of nitrogens with zero attached hydrogens (tertiary/aromatic N) is 1. The molecule has 0 N–H and O–H groups in total. The fourth-order valence-electron chi connectivity index (χ4n) is 1.19. The van der Waals surface area contributed by atoms with Crippen LogP contribution in [0.4, 0.5) is 8.78 Å². The fourth-order valence-corrected chi connectivity index (χ4v) is 1.19. The lowest BCUT2D eigenvalue weighted by atomic mass is 9.99. The van der Waals surface area contributed by atoms with Gasteiger partial charge in [0.05, 0.1) is 6.04 Å². The van der Waals surface area contributed by atoms with Gasteiger partial charge in [-0.3, -0.25) is 4.90 Å². The standard InChI is InChI=1S/C6H11F2NO/c1-4-6(7,8)5(10-3)9(4)2/h4-5H,1-3H3/t4-,5?/m1/s1. The molecule has 0 aromatic heterocycles. The van der Waals surface area contributed by atoms with E-state index in [4.69, 9.17) is 0 Å². The van der Waals surface area contributed by atoms with E-state index in [0.717, 1.165) is 0 Å². The average Bonchev–Trinajstić information content (AvgIpc) is 1.88. The number of rotatable bonds is 1. The summed E-state index contributed by atoms with van der Waals surface area (Å²) in [6, 6.07) is -0.697. The summed E-state index contributed by atoms with van der Waals surface area (Å²) in [6.07, 6.45) is -1.03. The van der Waals surface area contributed by atoms with Crippen molar-refractivity contribution in [1.82, 2.24) is 4.90 Å². The van der Waals surface area contributed by atoms with Crippen LogP contribution in [0.5, 0.6) is 0 Å². The second-order valence-electron chi connectivity index (χ2n) is 2.60. The smallest absolute Gasteiger partial charge is 0.301 e. The van der Waals surface area contributed by atoms with Gasteiger partial charge in [-0.2, -0.15) is 0 Å². The summed E-state index contributed by atoms with van der Waals surface area (Å²) in [5, 5.41) is 0. The van der Waals surface area contributed by atoms with E-state index in [2.05, 4.69) is 4.74 Å². The Labute approximate surface area is 58.8 Å². The maximum atomic E-state index is 12.7. The van der Waals surface area contributed by atoms with Crippen LogP contribution in [0.3, 0.4) is 0 Å². The van der Waals surface area contributed by atoms with Crippen molar-refractivity contribution >= 4 is 0 Å². The van der Waals surface area contributed by atoms with E-state index in [-0.39, 0.29) is 0 Å². The van der Waals surface area contributed by atoms with Crippen molar-refractivity contribution in [3.8, 4) is 0 Å². The summed E-state index contributed by atoms with van der Waals surface area (Å²) in [5.74, 6) is -2.68. The van der Waals surface area contributed by atoms with Gasteiger partial charge in [0.2, 0.25) is 0 Å². The minimum absolute atomic E-state index is 0.697. The minimum atomic E-state index is -2.68. The third-order valence-corrected chi connectivity index (χ3v) is 2.09. The quantitative estimate of drug-likeness (QED) is 0.552. The van der Waals surface area contributed by atoms with Crippen LogP contribution in [0.15, 0.2) is 0 Å². The molecular formula is C6H11F2NO. The first-order valence-corrected chi connectivity index (χ1v) is 3.14.